The van der Waals surface area contributed by atoms with E-state index in [1.54, 1.807) is 29.2 Å². The first kappa shape index (κ1) is 25.4. The van der Waals surface area contributed by atoms with Crippen LogP contribution in [0.3, 0.4) is 0 Å². The molecule has 6 nitrogen and oxygen atoms in total. The zero-order valence-electron chi connectivity index (χ0n) is 21.8. The van der Waals surface area contributed by atoms with Crippen LogP contribution in [0.4, 0.5) is 4.39 Å². The van der Waals surface area contributed by atoms with Gasteiger partial charge < -0.3 is 9.80 Å². The van der Waals surface area contributed by atoms with Crippen LogP contribution in [0.25, 0.3) is 11.3 Å². The second-order valence-corrected chi connectivity index (χ2v) is 11.0. The second-order valence-electron chi connectivity index (χ2n) is 10.5. The zero-order chi connectivity index (χ0) is 27.5. The minimum Gasteiger partial charge on any atom is -0.349 e. The third kappa shape index (κ3) is 3.82. The standard InChI is InChI=1S/C31H28ClFN4O2/c1-4-26(38)36-16-19(3)37(17-18(36)2)29-22-15-24(32)27(21-10-6-8-12-25(21)33)34-28(22)31(30(39)35-29)14-13-20-9-5-7-11-23(20)31/h4-12,15,18-19H,1,13-14,16-17H2,2-3H3/t18-,19+,31?/m1/s1. The van der Waals surface area contributed by atoms with Gasteiger partial charge in [-0.15, -0.1) is 0 Å². The molecule has 1 saturated heterocycles. The number of amidine groups is 1. The molecule has 1 aromatic heterocycles. The molecule has 0 N–H and O–H groups in total. The van der Waals surface area contributed by atoms with E-state index in [1.807, 2.05) is 38.1 Å². The number of aromatic nitrogens is 1. The average Bonchev–Trinajstić information content (AvgIpc) is 3.32. The van der Waals surface area contributed by atoms with E-state index < -0.39 is 11.2 Å². The summed E-state index contributed by atoms with van der Waals surface area (Å²) >= 11 is 6.80. The molecule has 0 bridgehead atoms. The third-order valence-corrected chi connectivity index (χ3v) is 8.57. The van der Waals surface area contributed by atoms with E-state index in [9.17, 15) is 14.0 Å². The molecule has 0 radical (unpaired) electrons. The Balaban J connectivity index is 1.55. The Morgan fingerprint density at radius 3 is 2.62 bits per heavy atom. The molecule has 1 spiro atoms. The number of aryl methyl sites for hydroxylation is 1. The molecule has 1 aliphatic carbocycles. The van der Waals surface area contributed by atoms with Crippen molar-refractivity contribution in [1.29, 1.82) is 0 Å². The first-order valence-electron chi connectivity index (χ1n) is 13.1. The van der Waals surface area contributed by atoms with Crippen molar-refractivity contribution in [2.75, 3.05) is 13.1 Å². The van der Waals surface area contributed by atoms with Gasteiger partial charge in [0.25, 0.3) is 5.91 Å². The number of benzene rings is 2. The Bertz CT molecular complexity index is 1570. The molecule has 2 aliphatic heterocycles. The van der Waals surface area contributed by atoms with E-state index in [4.69, 9.17) is 21.6 Å². The Morgan fingerprint density at radius 1 is 1.10 bits per heavy atom. The first-order valence-corrected chi connectivity index (χ1v) is 13.5. The number of halogens is 2. The number of carbonyl (C=O) groups excluding carboxylic acids is 2. The fourth-order valence-electron chi connectivity index (χ4n) is 6.32. The molecule has 198 valence electrons. The fraction of sp³-hybridized carbons (Fsp3) is 0.290. The van der Waals surface area contributed by atoms with Crippen LogP contribution in [-0.4, -0.2) is 57.6 Å². The molecule has 39 heavy (non-hydrogen) atoms. The van der Waals surface area contributed by atoms with Crippen molar-refractivity contribution in [1.82, 2.24) is 14.8 Å². The quantitative estimate of drug-likeness (QED) is 0.419. The maximum Gasteiger partial charge on any atom is 0.264 e. The molecular weight excluding hydrogens is 515 g/mol. The van der Waals surface area contributed by atoms with E-state index >= 15 is 0 Å². The summed E-state index contributed by atoms with van der Waals surface area (Å²) in [7, 11) is 0. The number of hydrogen-bond acceptors (Lipinski definition) is 4. The van der Waals surface area contributed by atoms with Crippen LogP contribution in [-0.2, 0) is 21.4 Å². The summed E-state index contributed by atoms with van der Waals surface area (Å²) in [5.41, 5.74) is 2.69. The zero-order valence-corrected chi connectivity index (χ0v) is 22.6. The number of hydrogen-bond donors (Lipinski definition) is 0. The largest absolute Gasteiger partial charge is 0.349 e. The van der Waals surface area contributed by atoms with Gasteiger partial charge in [0.15, 0.2) is 0 Å². The molecule has 3 heterocycles. The maximum absolute atomic E-state index is 14.9. The number of aliphatic imine (C=N–C) groups is 1. The lowest BCUT2D eigenvalue weighted by Crippen LogP contribution is -2.60. The van der Waals surface area contributed by atoms with E-state index in [-0.39, 0.29) is 34.5 Å². The summed E-state index contributed by atoms with van der Waals surface area (Å²) in [5.74, 6) is -0.357. The topological polar surface area (TPSA) is 65.9 Å². The number of amides is 2. The average molecular weight is 543 g/mol. The summed E-state index contributed by atoms with van der Waals surface area (Å²) in [6.07, 6.45) is 2.56. The highest BCUT2D eigenvalue weighted by Gasteiger charge is 2.53. The second kappa shape index (κ2) is 9.42. The molecule has 2 aromatic carbocycles. The lowest BCUT2D eigenvalue weighted by atomic mass is 9.74. The molecule has 3 aromatic rings. The van der Waals surface area contributed by atoms with Crippen molar-refractivity contribution in [3.8, 4) is 11.3 Å². The smallest absolute Gasteiger partial charge is 0.264 e. The molecule has 3 atom stereocenters. The summed E-state index contributed by atoms with van der Waals surface area (Å²) < 4.78 is 14.9. The van der Waals surface area contributed by atoms with E-state index in [1.165, 1.54) is 12.1 Å². The van der Waals surface area contributed by atoms with Crippen molar-refractivity contribution in [3.63, 3.8) is 0 Å². The Hall–Kier alpha value is -3.84. The first-order chi connectivity index (χ1) is 18.8. The van der Waals surface area contributed by atoms with Crippen LogP contribution in [0.5, 0.6) is 0 Å². The number of nitrogens with zero attached hydrogens (tertiary/aromatic N) is 4. The number of carbonyl (C=O) groups is 2. The van der Waals surface area contributed by atoms with E-state index in [0.717, 1.165) is 11.1 Å². The van der Waals surface area contributed by atoms with Crippen molar-refractivity contribution in [2.45, 2.75) is 44.2 Å². The van der Waals surface area contributed by atoms with Crippen molar-refractivity contribution >= 4 is 29.3 Å². The molecule has 1 unspecified atom stereocenters. The number of rotatable bonds is 2. The van der Waals surface area contributed by atoms with Crippen LogP contribution in [0.2, 0.25) is 5.02 Å². The molecular formula is C31H28ClFN4O2. The summed E-state index contributed by atoms with van der Waals surface area (Å²) in [6, 6.07) is 15.8. The van der Waals surface area contributed by atoms with Gasteiger partial charge in [-0.25, -0.2) is 9.37 Å². The summed E-state index contributed by atoms with van der Waals surface area (Å²) in [4.78, 5) is 40.2. The van der Waals surface area contributed by atoms with E-state index in [0.29, 0.717) is 48.7 Å². The highest BCUT2D eigenvalue weighted by molar-refractivity contribution is 6.33. The van der Waals surface area contributed by atoms with E-state index in [2.05, 4.69) is 11.5 Å². The van der Waals surface area contributed by atoms with Crippen LogP contribution in [0.15, 0.2) is 72.2 Å². The van der Waals surface area contributed by atoms with Gasteiger partial charge in [0.2, 0.25) is 5.91 Å². The molecule has 6 rings (SSSR count). The van der Waals surface area contributed by atoms with Gasteiger partial charge in [0.05, 0.1) is 16.4 Å². The maximum atomic E-state index is 14.9. The highest BCUT2D eigenvalue weighted by atomic mass is 35.5. The van der Waals surface area contributed by atoms with Gasteiger partial charge in [-0.2, -0.15) is 4.99 Å². The lowest BCUT2D eigenvalue weighted by molar-refractivity contribution is -0.131. The molecule has 1 fully saturated rings. The summed E-state index contributed by atoms with van der Waals surface area (Å²) in [6.45, 7) is 8.53. The Kier molecular flexibility index (Phi) is 6.14. The monoisotopic (exact) mass is 542 g/mol. The minimum atomic E-state index is -1.07. The van der Waals surface area contributed by atoms with Gasteiger partial charge in [-0.05, 0) is 62.1 Å². The predicted molar refractivity (Wildman–Crippen MR) is 149 cm³/mol. The van der Waals surface area contributed by atoms with Crippen LogP contribution < -0.4 is 0 Å². The highest BCUT2D eigenvalue weighted by Crippen LogP contribution is 2.49. The molecule has 2 amide bonds. The number of fused-ring (bicyclic) bond motifs is 4. The van der Waals surface area contributed by atoms with Gasteiger partial charge in [0, 0.05) is 36.3 Å². The fourth-order valence-corrected chi connectivity index (χ4v) is 6.58. The van der Waals surface area contributed by atoms with Gasteiger partial charge in [-0.3, -0.25) is 9.59 Å². The normalized spacial score (nSPS) is 23.9. The molecule has 3 aliphatic rings. The van der Waals surface area contributed by atoms with Crippen molar-refractivity contribution in [2.24, 2.45) is 4.99 Å². The Labute approximate surface area is 231 Å². The van der Waals surface area contributed by atoms with Crippen LogP contribution in [0, 0.1) is 5.82 Å². The lowest BCUT2D eigenvalue weighted by Gasteiger charge is -2.46. The SMILES string of the molecule is C=CC(=O)N1C[C@H](C)N(C2=NC(=O)C3(CCc4ccccc43)c3nc(-c4ccccc4F)c(Cl)cc32)C[C@H]1C. The van der Waals surface area contributed by atoms with Crippen LogP contribution >= 0.6 is 11.6 Å². The third-order valence-electron chi connectivity index (χ3n) is 8.28. The minimum absolute atomic E-state index is 0.126. The molecule has 0 saturated carbocycles. The van der Waals surface area contributed by atoms with Gasteiger partial charge >= 0.3 is 0 Å². The number of piperazine rings is 1. The van der Waals surface area contributed by atoms with Crippen molar-refractivity contribution in [3.05, 3.63) is 100 Å². The number of pyridine rings is 1. The van der Waals surface area contributed by atoms with Gasteiger partial charge in [0.1, 0.15) is 17.1 Å². The van der Waals surface area contributed by atoms with Gasteiger partial charge in [-0.1, -0.05) is 54.6 Å². The van der Waals surface area contributed by atoms with Crippen molar-refractivity contribution < 1.29 is 14.0 Å². The summed E-state index contributed by atoms with van der Waals surface area (Å²) in [5, 5.41) is 0.281. The van der Waals surface area contributed by atoms with Crippen LogP contribution in [0.1, 0.15) is 42.7 Å². The molecule has 8 heteroatoms. The predicted octanol–water partition coefficient (Wildman–Crippen LogP) is 5.17. The Morgan fingerprint density at radius 2 is 1.85 bits per heavy atom.